The third-order valence-electron chi connectivity index (χ3n) is 2.03. The number of anilines is 1. The molecule has 0 bridgehead atoms. The number of amides is 2. The quantitative estimate of drug-likeness (QED) is 0.797. The molecule has 0 aliphatic carbocycles. The van der Waals surface area contributed by atoms with Gasteiger partial charge < -0.3 is 10.6 Å². The first-order chi connectivity index (χ1) is 8.49. The van der Waals surface area contributed by atoms with Crippen molar-refractivity contribution in [3.05, 3.63) is 28.8 Å². The fourth-order valence-electron chi connectivity index (χ4n) is 1.29. The molecule has 2 amide bonds. The standard InChI is InChI=1S/C12H14ClF3N2O/c1-11(2,3)18-10(19)17-9-5-4-7(6-8(9)13)12(14,15)16/h4-6H,1-3H3,(H2,17,18,19). The van der Waals surface area contributed by atoms with Gasteiger partial charge in [0, 0.05) is 5.54 Å². The zero-order valence-corrected chi connectivity index (χ0v) is 11.4. The Bertz CT molecular complexity index is 481. The van der Waals surface area contributed by atoms with E-state index in [0.717, 1.165) is 18.2 Å². The number of alkyl halides is 3. The Hall–Kier alpha value is -1.43. The van der Waals surface area contributed by atoms with Crippen molar-refractivity contribution in [2.75, 3.05) is 5.32 Å². The Kier molecular flexibility index (Phi) is 4.35. The summed E-state index contributed by atoms with van der Waals surface area (Å²) in [6.45, 7) is 5.34. The van der Waals surface area contributed by atoms with Gasteiger partial charge in [-0.1, -0.05) is 11.6 Å². The lowest BCUT2D eigenvalue weighted by molar-refractivity contribution is -0.137. The van der Waals surface area contributed by atoms with Crippen molar-refractivity contribution in [2.45, 2.75) is 32.5 Å². The van der Waals surface area contributed by atoms with Gasteiger partial charge in [0.1, 0.15) is 0 Å². The van der Waals surface area contributed by atoms with Crippen molar-refractivity contribution in [1.29, 1.82) is 0 Å². The highest BCUT2D eigenvalue weighted by Gasteiger charge is 2.31. The van der Waals surface area contributed by atoms with Crippen molar-refractivity contribution >= 4 is 23.3 Å². The molecule has 0 aliphatic heterocycles. The summed E-state index contributed by atoms with van der Waals surface area (Å²) in [6, 6.07) is 2.22. The maximum Gasteiger partial charge on any atom is 0.416 e. The third kappa shape index (κ3) is 4.98. The van der Waals surface area contributed by atoms with Gasteiger partial charge in [-0.3, -0.25) is 0 Å². The van der Waals surface area contributed by atoms with Gasteiger partial charge in [-0.15, -0.1) is 0 Å². The number of carbonyl (C=O) groups is 1. The number of carbonyl (C=O) groups excluding carboxylic acids is 1. The molecule has 3 nitrogen and oxygen atoms in total. The lowest BCUT2D eigenvalue weighted by Gasteiger charge is -2.21. The number of benzene rings is 1. The summed E-state index contributed by atoms with van der Waals surface area (Å²) in [4.78, 5) is 11.6. The van der Waals surface area contributed by atoms with Crippen molar-refractivity contribution in [3.8, 4) is 0 Å². The summed E-state index contributed by atoms with van der Waals surface area (Å²) in [5.74, 6) is 0. The van der Waals surface area contributed by atoms with Crippen LogP contribution in [0, 0.1) is 0 Å². The van der Waals surface area contributed by atoms with E-state index < -0.39 is 23.3 Å². The van der Waals surface area contributed by atoms with E-state index in [-0.39, 0.29) is 10.7 Å². The summed E-state index contributed by atoms with van der Waals surface area (Å²) >= 11 is 5.71. The van der Waals surface area contributed by atoms with E-state index in [1.165, 1.54) is 0 Å². The van der Waals surface area contributed by atoms with Crippen molar-refractivity contribution in [3.63, 3.8) is 0 Å². The van der Waals surface area contributed by atoms with E-state index in [9.17, 15) is 18.0 Å². The van der Waals surface area contributed by atoms with Crippen LogP contribution in [-0.2, 0) is 6.18 Å². The van der Waals surface area contributed by atoms with Gasteiger partial charge in [0.2, 0.25) is 0 Å². The van der Waals surface area contributed by atoms with Gasteiger partial charge in [-0.2, -0.15) is 13.2 Å². The van der Waals surface area contributed by atoms with E-state index in [1.54, 1.807) is 20.8 Å². The summed E-state index contributed by atoms with van der Waals surface area (Å²) < 4.78 is 37.3. The van der Waals surface area contributed by atoms with Crippen LogP contribution in [0.15, 0.2) is 18.2 Å². The van der Waals surface area contributed by atoms with Crippen LogP contribution in [0.2, 0.25) is 5.02 Å². The molecule has 0 saturated heterocycles. The van der Waals surface area contributed by atoms with Crippen LogP contribution in [0.4, 0.5) is 23.7 Å². The van der Waals surface area contributed by atoms with E-state index in [2.05, 4.69) is 10.6 Å². The van der Waals surface area contributed by atoms with Crippen LogP contribution in [0.1, 0.15) is 26.3 Å². The monoisotopic (exact) mass is 294 g/mol. The van der Waals surface area contributed by atoms with E-state index in [4.69, 9.17) is 11.6 Å². The summed E-state index contributed by atoms with van der Waals surface area (Å²) in [5, 5.41) is 4.84. The molecule has 0 atom stereocenters. The van der Waals surface area contributed by atoms with E-state index >= 15 is 0 Å². The highest BCUT2D eigenvalue weighted by atomic mass is 35.5. The first-order valence-electron chi connectivity index (χ1n) is 5.45. The second-order valence-corrected chi connectivity index (χ2v) is 5.43. The van der Waals surface area contributed by atoms with Crippen molar-refractivity contribution < 1.29 is 18.0 Å². The van der Waals surface area contributed by atoms with Gasteiger partial charge in [0.05, 0.1) is 16.3 Å². The molecule has 1 rings (SSSR count). The molecule has 19 heavy (non-hydrogen) atoms. The fourth-order valence-corrected chi connectivity index (χ4v) is 1.51. The minimum absolute atomic E-state index is 0.122. The third-order valence-corrected chi connectivity index (χ3v) is 2.35. The minimum atomic E-state index is -4.46. The molecule has 0 radical (unpaired) electrons. The van der Waals surface area contributed by atoms with Crippen molar-refractivity contribution in [2.24, 2.45) is 0 Å². The molecule has 0 spiro atoms. The van der Waals surface area contributed by atoms with Crippen LogP contribution in [0.5, 0.6) is 0 Å². The highest BCUT2D eigenvalue weighted by Crippen LogP contribution is 2.33. The Morgan fingerprint density at radius 1 is 1.21 bits per heavy atom. The summed E-state index contributed by atoms with van der Waals surface area (Å²) in [6.07, 6.45) is -4.46. The van der Waals surface area contributed by atoms with E-state index in [1.807, 2.05) is 0 Å². The lowest BCUT2D eigenvalue weighted by Crippen LogP contribution is -2.43. The molecule has 7 heteroatoms. The fraction of sp³-hybridized carbons (Fsp3) is 0.417. The van der Waals surface area contributed by atoms with E-state index in [0.29, 0.717) is 0 Å². The number of urea groups is 1. The number of hydrogen-bond donors (Lipinski definition) is 2. The molecule has 0 fully saturated rings. The summed E-state index contributed by atoms with van der Waals surface area (Å²) in [7, 11) is 0. The normalized spacial score (nSPS) is 12.2. The Morgan fingerprint density at radius 3 is 2.21 bits per heavy atom. The Labute approximate surface area is 114 Å². The van der Waals surface area contributed by atoms with Gasteiger partial charge >= 0.3 is 12.2 Å². The zero-order chi connectivity index (χ0) is 14.8. The smallest absolute Gasteiger partial charge is 0.333 e. The van der Waals surface area contributed by atoms with Crippen LogP contribution in [0.25, 0.3) is 0 Å². The SMILES string of the molecule is CC(C)(C)NC(=O)Nc1ccc(C(F)(F)F)cc1Cl. The van der Waals surface area contributed by atoms with Gasteiger partial charge in [-0.05, 0) is 39.0 Å². The predicted molar refractivity (Wildman–Crippen MR) is 68.4 cm³/mol. The number of hydrogen-bond acceptors (Lipinski definition) is 1. The van der Waals surface area contributed by atoms with Crippen LogP contribution < -0.4 is 10.6 Å². The largest absolute Gasteiger partial charge is 0.416 e. The first-order valence-corrected chi connectivity index (χ1v) is 5.83. The predicted octanol–water partition coefficient (Wildman–Crippen LogP) is 4.28. The average molecular weight is 295 g/mol. The van der Waals surface area contributed by atoms with Crippen LogP contribution in [0.3, 0.4) is 0 Å². The highest BCUT2D eigenvalue weighted by molar-refractivity contribution is 6.33. The molecule has 0 aromatic heterocycles. The van der Waals surface area contributed by atoms with Gasteiger partial charge in [-0.25, -0.2) is 4.79 Å². The topological polar surface area (TPSA) is 41.1 Å². The van der Waals surface area contributed by atoms with Gasteiger partial charge in [0.15, 0.2) is 0 Å². The molecule has 0 saturated carbocycles. The number of rotatable bonds is 1. The zero-order valence-electron chi connectivity index (χ0n) is 10.7. The average Bonchev–Trinajstić information content (AvgIpc) is 2.16. The second kappa shape index (κ2) is 5.28. The molecule has 1 aromatic rings. The number of nitrogens with one attached hydrogen (secondary N) is 2. The molecule has 0 unspecified atom stereocenters. The maximum atomic E-state index is 12.4. The van der Waals surface area contributed by atoms with Gasteiger partial charge in [0.25, 0.3) is 0 Å². The molecule has 106 valence electrons. The molecular formula is C12H14ClF3N2O. The minimum Gasteiger partial charge on any atom is -0.333 e. The second-order valence-electron chi connectivity index (χ2n) is 5.02. The lowest BCUT2D eigenvalue weighted by atomic mass is 10.1. The maximum absolute atomic E-state index is 12.4. The molecule has 0 aliphatic rings. The van der Waals surface area contributed by atoms with Crippen LogP contribution >= 0.6 is 11.6 Å². The molecule has 1 aromatic carbocycles. The first kappa shape index (κ1) is 15.6. The molecule has 0 heterocycles. The molecular weight excluding hydrogens is 281 g/mol. The Morgan fingerprint density at radius 2 is 1.79 bits per heavy atom. The Balaban J connectivity index is 2.84. The van der Waals surface area contributed by atoms with Crippen molar-refractivity contribution in [1.82, 2.24) is 5.32 Å². The number of halogens is 4. The van der Waals surface area contributed by atoms with Crippen LogP contribution in [-0.4, -0.2) is 11.6 Å². The molecule has 2 N–H and O–H groups in total. The summed E-state index contributed by atoms with van der Waals surface area (Å²) in [5.41, 5.74) is -1.20.